The molecule has 1 aliphatic carbocycles. The molecule has 1 aromatic carbocycles. The van der Waals surface area contributed by atoms with Crippen molar-refractivity contribution in [3.8, 4) is 6.07 Å². The molecule has 14 heavy (non-hydrogen) atoms. The molecule has 0 radical (unpaired) electrons. The lowest BCUT2D eigenvalue weighted by Crippen LogP contribution is -2.32. The summed E-state index contributed by atoms with van der Waals surface area (Å²) in [4.78, 5) is 0. The first kappa shape index (κ1) is 9.02. The van der Waals surface area contributed by atoms with Crippen LogP contribution in [0.3, 0.4) is 0 Å². The average Bonchev–Trinajstić information content (AvgIpc) is 2.17. The fraction of sp³-hybridized carbons (Fsp3) is 0.308. The molecule has 0 amide bonds. The van der Waals surface area contributed by atoms with E-state index < -0.39 is 0 Å². The van der Waals surface area contributed by atoms with Gasteiger partial charge < -0.3 is 0 Å². The summed E-state index contributed by atoms with van der Waals surface area (Å²) in [6, 6.07) is 12.6. The van der Waals surface area contributed by atoms with Gasteiger partial charge in [0.15, 0.2) is 0 Å². The lowest BCUT2D eigenvalue weighted by atomic mass is 9.63. The summed E-state index contributed by atoms with van der Waals surface area (Å²) in [6.45, 7) is 2.26. The van der Waals surface area contributed by atoms with Crippen LogP contribution in [-0.2, 0) is 5.41 Å². The van der Waals surface area contributed by atoms with Crippen molar-refractivity contribution in [3.63, 3.8) is 0 Å². The summed E-state index contributed by atoms with van der Waals surface area (Å²) in [5, 5.41) is 8.52. The second-order valence-electron chi connectivity index (χ2n) is 4.21. The van der Waals surface area contributed by atoms with Gasteiger partial charge in [0.2, 0.25) is 0 Å². The van der Waals surface area contributed by atoms with Gasteiger partial charge in [0.05, 0.1) is 6.07 Å². The average molecular weight is 183 g/mol. The van der Waals surface area contributed by atoms with Crippen molar-refractivity contribution in [2.45, 2.75) is 25.2 Å². The van der Waals surface area contributed by atoms with Crippen LogP contribution in [0.15, 0.2) is 42.0 Å². The van der Waals surface area contributed by atoms with Crippen LogP contribution in [0.4, 0.5) is 0 Å². The Kier molecular flexibility index (Phi) is 2.13. The summed E-state index contributed by atoms with van der Waals surface area (Å²) >= 11 is 0. The molecule has 0 N–H and O–H groups in total. The molecule has 2 rings (SSSR count). The van der Waals surface area contributed by atoms with Gasteiger partial charge in [-0.3, -0.25) is 0 Å². The highest BCUT2D eigenvalue weighted by Gasteiger charge is 2.37. The van der Waals surface area contributed by atoms with Crippen LogP contribution in [0.2, 0.25) is 0 Å². The molecule has 0 spiro atoms. The Bertz CT molecular complexity index is 387. The van der Waals surface area contributed by atoms with E-state index in [1.54, 1.807) is 6.08 Å². The van der Waals surface area contributed by atoms with E-state index in [2.05, 4.69) is 37.3 Å². The Balaban J connectivity index is 2.17. The zero-order chi connectivity index (χ0) is 10.0. The Labute approximate surface area is 84.7 Å². The summed E-state index contributed by atoms with van der Waals surface area (Å²) in [5.41, 5.74) is 2.93. The number of rotatable bonds is 1. The maximum absolute atomic E-state index is 8.52. The molecule has 1 aliphatic rings. The topological polar surface area (TPSA) is 23.8 Å². The minimum atomic E-state index is 0.268. The first-order valence-corrected chi connectivity index (χ1v) is 4.88. The molecule has 1 saturated carbocycles. The quantitative estimate of drug-likeness (QED) is 0.613. The van der Waals surface area contributed by atoms with Gasteiger partial charge in [-0.25, -0.2) is 0 Å². The van der Waals surface area contributed by atoms with E-state index in [-0.39, 0.29) is 5.41 Å². The minimum absolute atomic E-state index is 0.268. The molecule has 0 atom stereocenters. The molecule has 0 saturated heterocycles. The zero-order valence-corrected chi connectivity index (χ0v) is 8.33. The normalized spacial score (nSPS) is 25.0. The van der Waals surface area contributed by atoms with Crippen molar-refractivity contribution in [2.75, 3.05) is 0 Å². The van der Waals surface area contributed by atoms with Gasteiger partial charge in [0, 0.05) is 6.08 Å². The molecular formula is C13H13N. The van der Waals surface area contributed by atoms with E-state index in [0.717, 1.165) is 12.8 Å². The number of nitrogens with zero attached hydrogens (tertiary/aromatic N) is 1. The lowest BCUT2D eigenvalue weighted by Gasteiger charge is -2.41. The van der Waals surface area contributed by atoms with Crippen molar-refractivity contribution in [3.05, 3.63) is 47.5 Å². The number of allylic oxidation sites excluding steroid dienone is 2. The van der Waals surface area contributed by atoms with Gasteiger partial charge in [0.1, 0.15) is 0 Å². The number of nitriles is 1. The molecule has 1 fully saturated rings. The van der Waals surface area contributed by atoms with Crippen LogP contribution in [0.5, 0.6) is 0 Å². The maximum atomic E-state index is 8.52. The molecule has 1 heteroatoms. The SMILES string of the molecule is CC1(c2ccccc2)CC(=CC#N)C1. The van der Waals surface area contributed by atoms with Crippen LogP contribution >= 0.6 is 0 Å². The monoisotopic (exact) mass is 183 g/mol. The standard InChI is InChI=1S/C13H13N/c1-13(9-11(10-13)7-8-14)12-5-3-2-4-6-12/h2-7H,9-10H2,1H3. The molecule has 0 heterocycles. The first-order chi connectivity index (χ1) is 6.74. The van der Waals surface area contributed by atoms with E-state index in [9.17, 15) is 0 Å². The van der Waals surface area contributed by atoms with Gasteiger partial charge in [-0.15, -0.1) is 0 Å². The Hall–Kier alpha value is -1.55. The predicted octanol–water partition coefficient (Wildman–Crippen LogP) is 3.19. The molecule has 1 nitrogen and oxygen atoms in total. The molecule has 0 aromatic heterocycles. The number of benzene rings is 1. The van der Waals surface area contributed by atoms with Crippen LogP contribution in [-0.4, -0.2) is 0 Å². The summed E-state index contributed by atoms with van der Waals surface area (Å²) in [5.74, 6) is 0. The van der Waals surface area contributed by atoms with E-state index in [0.29, 0.717) is 0 Å². The van der Waals surface area contributed by atoms with E-state index in [1.165, 1.54) is 11.1 Å². The predicted molar refractivity (Wildman–Crippen MR) is 56.7 cm³/mol. The van der Waals surface area contributed by atoms with Crippen molar-refractivity contribution < 1.29 is 0 Å². The van der Waals surface area contributed by atoms with Crippen molar-refractivity contribution in [1.29, 1.82) is 5.26 Å². The molecule has 1 aromatic rings. The zero-order valence-electron chi connectivity index (χ0n) is 8.33. The highest BCUT2D eigenvalue weighted by molar-refractivity contribution is 5.37. The van der Waals surface area contributed by atoms with Gasteiger partial charge in [-0.2, -0.15) is 5.26 Å². The van der Waals surface area contributed by atoms with E-state index in [1.807, 2.05) is 6.07 Å². The Morgan fingerprint density at radius 1 is 1.29 bits per heavy atom. The van der Waals surface area contributed by atoms with Crippen molar-refractivity contribution >= 4 is 0 Å². The third kappa shape index (κ3) is 1.44. The third-order valence-corrected chi connectivity index (χ3v) is 2.97. The molecule has 70 valence electrons. The second-order valence-corrected chi connectivity index (χ2v) is 4.21. The highest BCUT2D eigenvalue weighted by atomic mass is 14.4. The highest BCUT2D eigenvalue weighted by Crippen LogP contribution is 2.46. The lowest BCUT2D eigenvalue weighted by molar-refractivity contribution is 0.367. The van der Waals surface area contributed by atoms with Crippen LogP contribution in [0.25, 0.3) is 0 Å². The van der Waals surface area contributed by atoms with Gasteiger partial charge >= 0.3 is 0 Å². The van der Waals surface area contributed by atoms with Gasteiger partial charge in [-0.05, 0) is 23.8 Å². The first-order valence-electron chi connectivity index (χ1n) is 4.88. The molecule has 0 aliphatic heterocycles. The maximum Gasteiger partial charge on any atom is 0.0911 e. The van der Waals surface area contributed by atoms with Gasteiger partial charge in [0.25, 0.3) is 0 Å². The Morgan fingerprint density at radius 3 is 2.50 bits per heavy atom. The third-order valence-electron chi connectivity index (χ3n) is 2.97. The summed E-state index contributed by atoms with van der Waals surface area (Å²) in [6.07, 6.45) is 3.75. The van der Waals surface area contributed by atoms with Gasteiger partial charge in [-0.1, -0.05) is 42.8 Å². The largest absolute Gasteiger partial charge is 0.193 e. The number of hydrogen-bond donors (Lipinski definition) is 0. The van der Waals surface area contributed by atoms with Crippen LogP contribution < -0.4 is 0 Å². The van der Waals surface area contributed by atoms with Crippen LogP contribution in [0.1, 0.15) is 25.3 Å². The van der Waals surface area contributed by atoms with Crippen molar-refractivity contribution in [1.82, 2.24) is 0 Å². The van der Waals surface area contributed by atoms with Crippen molar-refractivity contribution in [2.24, 2.45) is 0 Å². The molecular weight excluding hydrogens is 170 g/mol. The summed E-state index contributed by atoms with van der Waals surface area (Å²) in [7, 11) is 0. The van der Waals surface area contributed by atoms with Crippen LogP contribution in [0, 0.1) is 11.3 Å². The molecule has 0 unspecified atom stereocenters. The van der Waals surface area contributed by atoms with E-state index in [4.69, 9.17) is 5.26 Å². The summed E-state index contributed by atoms with van der Waals surface area (Å²) < 4.78 is 0. The van der Waals surface area contributed by atoms with E-state index >= 15 is 0 Å². The minimum Gasteiger partial charge on any atom is -0.193 e. The molecule has 0 bridgehead atoms. The smallest absolute Gasteiger partial charge is 0.0911 e. The fourth-order valence-corrected chi connectivity index (χ4v) is 2.19. The number of hydrogen-bond acceptors (Lipinski definition) is 1. The second kappa shape index (κ2) is 3.31. The fourth-order valence-electron chi connectivity index (χ4n) is 2.19. The Morgan fingerprint density at radius 2 is 1.93 bits per heavy atom.